The maximum atomic E-state index is 11.7. The number of nitrogens with zero attached hydrogens (tertiary/aromatic N) is 2. The molecule has 0 aromatic carbocycles. The third kappa shape index (κ3) is 9.25. The maximum Gasteiger partial charge on any atom is 0.334 e. The van der Waals surface area contributed by atoms with Crippen molar-refractivity contribution in [3.05, 3.63) is 0 Å². The summed E-state index contributed by atoms with van der Waals surface area (Å²) in [5.41, 5.74) is 4.94. The van der Waals surface area contributed by atoms with E-state index in [0.717, 1.165) is 0 Å². The fraction of sp³-hybridized carbons (Fsp3) is 0.667. The van der Waals surface area contributed by atoms with E-state index in [1.165, 1.54) is 21.6 Å². The zero-order valence-corrected chi connectivity index (χ0v) is 18.2. The minimum Gasteiger partial charge on any atom is -0.772 e. The van der Waals surface area contributed by atoms with E-state index >= 15 is 0 Å². The minimum absolute atomic E-state index is 0.0736. The molecule has 1 aliphatic rings. The van der Waals surface area contributed by atoms with E-state index in [1.807, 2.05) is 0 Å². The summed E-state index contributed by atoms with van der Waals surface area (Å²) >= 11 is -2.75. The Bertz CT molecular complexity index is 674. The fourth-order valence-electron chi connectivity index (χ4n) is 1.99. The van der Waals surface area contributed by atoms with Crippen LogP contribution in [0.15, 0.2) is 4.99 Å². The van der Waals surface area contributed by atoms with Crippen LogP contribution >= 0.6 is 21.6 Å². The average molecular weight is 468 g/mol. The van der Waals surface area contributed by atoms with Crippen LogP contribution in [0.25, 0.3) is 0 Å². The van der Waals surface area contributed by atoms with E-state index in [0.29, 0.717) is 24.5 Å². The van der Waals surface area contributed by atoms with E-state index in [1.54, 1.807) is 6.92 Å². The summed E-state index contributed by atoms with van der Waals surface area (Å²) in [6.45, 7) is 5.49. The highest BCUT2D eigenvalue weighted by atomic mass is 33.1. The van der Waals surface area contributed by atoms with Crippen molar-refractivity contribution in [3.8, 4) is 0 Å². The molecule has 1 fully saturated rings. The van der Waals surface area contributed by atoms with Gasteiger partial charge >= 0.3 is 5.97 Å². The molecule has 0 bridgehead atoms. The minimum atomic E-state index is -2.75. The topological polar surface area (TPSA) is 171 Å². The summed E-state index contributed by atoms with van der Waals surface area (Å²) in [6.07, 6.45) is 0.0211. The van der Waals surface area contributed by atoms with Crippen LogP contribution in [0.4, 0.5) is 0 Å². The van der Waals surface area contributed by atoms with Crippen molar-refractivity contribution in [2.45, 2.75) is 43.5 Å². The Morgan fingerprint density at radius 3 is 2.66 bits per heavy atom. The summed E-state index contributed by atoms with van der Waals surface area (Å²) in [5.74, 6) is -1.93. The molecule has 0 aromatic heterocycles. The number of carbonyl (C=O) groups is 4. The molecule has 0 saturated carbocycles. The van der Waals surface area contributed by atoms with Crippen LogP contribution in [0.1, 0.15) is 32.6 Å². The summed E-state index contributed by atoms with van der Waals surface area (Å²) in [5, 5.41) is 1.44. The molecule has 3 amide bonds. The van der Waals surface area contributed by atoms with Crippen LogP contribution in [0.2, 0.25) is 0 Å². The molecule has 1 aliphatic heterocycles. The van der Waals surface area contributed by atoms with Gasteiger partial charge in [-0.15, -0.1) is 5.06 Å². The third-order valence-electron chi connectivity index (χ3n) is 3.69. The fourth-order valence-corrected chi connectivity index (χ4v) is 4.40. The standard InChI is InChI=1S/C15H24N4O7S3/c1-15(16,17-2)5-3-11(20)18-6-8-28-27-7-4-13(22)26-19-12(21)9-10(14(19)23)29(24)25/h10H,2-9,16H2,1H3,(H,18,20)(H,24,25)/p-1. The molecule has 0 aromatic rings. The van der Waals surface area contributed by atoms with Crippen molar-refractivity contribution >= 4 is 63.1 Å². The second-order valence-corrected chi connectivity index (χ2v) is 9.99. The van der Waals surface area contributed by atoms with Crippen LogP contribution in [0.3, 0.4) is 0 Å². The first-order valence-corrected chi connectivity index (χ1v) is 12.1. The smallest absolute Gasteiger partial charge is 0.334 e. The highest BCUT2D eigenvalue weighted by Crippen LogP contribution is 2.22. The van der Waals surface area contributed by atoms with E-state index in [-0.39, 0.29) is 23.8 Å². The predicted molar refractivity (Wildman–Crippen MR) is 109 cm³/mol. The molecule has 1 heterocycles. The van der Waals surface area contributed by atoms with Gasteiger partial charge in [-0.25, -0.2) is 4.79 Å². The molecule has 1 rings (SSSR count). The molecule has 3 unspecified atom stereocenters. The summed E-state index contributed by atoms with van der Waals surface area (Å²) < 4.78 is 21.7. The first kappa shape index (κ1) is 25.6. The molecular weight excluding hydrogens is 444 g/mol. The zero-order valence-electron chi connectivity index (χ0n) is 15.8. The van der Waals surface area contributed by atoms with Gasteiger partial charge in [0.1, 0.15) is 10.9 Å². The number of nitrogens with two attached hydrogens (primary N) is 1. The Kier molecular flexibility index (Phi) is 10.8. The number of rotatable bonds is 13. The normalized spacial score (nSPS) is 19.6. The molecule has 0 radical (unpaired) electrons. The van der Waals surface area contributed by atoms with Gasteiger partial charge in [0.05, 0.1) is 12.8 Å². The Morgan fingerprint density at radius 2 is 2.07 bits per heavy atom. The van der Waals surface area contributed by atoms with Gasteiger partial charge in [-0.05, 0) is 31.1 Å². The largest absolute Gasteiger partial charge is 0.772 e. The van der Waals surface area contributed by atoms with Crippen LogP contribution in [-0.2, 0) is 35.1 Å². The van der Waals surface area contributed by atoms with Gasteiger partial charge in [-0.2, -0.15) is 0 Å². The first-order chi connectivity index (χ1) is 13.6. The van der Waals surface area contributed by atoms with Gasteiger partial charge in [0.25, 0.3) is 11.8 Å². The van der Waals surface area contributed by atoms with Crippen molar-refractivity contribution in [1.29, 1.82) is 0 Å². The van der Waals surface area contributed by atoms with Crippen molar-refractivity contribution < 1.29 is 32.8 Å². The molecule has 3 N–H and O–H groups in total. The molecule has 164 valence electrons. The zero-order chi connectivity index (χ0) is 22.0. The second kappa shape index (κ2) is 12.3. The number of amides is 3. The SMILES string of the molecule is C=NC(C)(N)CCC(=O)NCCSSCCC(=O)ON1C(=O)CC(S(=O)[O-])C1=O. The van der Waals surface area contributed by atoms with Crippen LogP contribution in [0.5, 0.6) is 0 Å². The quantitative estimate of drug-likeness (QED) is 0.118. The number of hydrogen-bond acceptors (Lipinski definition) is 11. The Labute approximate surface area is 178 Å². The van der Waals surface area contributed by atoms with E-state index in [9.17, 15) is 27.9 Å². The van der Waals surface area contributed by atoms with E-state index < -0.39 is 46.2 Å². The first-order valence-electron chi connectivity index (χ1n) is 8.51. The molecule has 0 aliphatic carbocycles. The van der Waals surface area contributed by atoms with E-state index in [4.69, 9.17) is 5.73 Å². The Morgan fingerprint density at radius 1 is 1.41 bits per heavy atom. The number of hydrogen-bond donors (Lipinski definition) is 2. The maximum absolute atomic E-state index is 11.7. The molecule has 29 heavy (non-hydrogen) atoms. The van der Waals surface area contributed by atoms with Crippen LogP contribution < -0.4 is 11.1 Å². The van der Waals surface area contributed by atoms with Crippen molar-refractivity contribution in [1.82, 2.24) is 10.4 Å². The summed E-state index contributed by atoms with van der Waals surface area (Å²) in [7, 11) is 2.78. The third-order valence-corrected chi connectivity index (χ3v) is 6.93. The van der Waals surface area contributed by atoms with Gasteiger partial charge in [0, 0.05) is 24.5 Å². The predicted octanol–water partition coefficient (Wildman–Crippen LogP) is -0.505. The van der Waals surface area contributed by atoms with Crippen molar-refractivity contribution in [2.75, 3.05) is 18.1 Å². The summed E-state index contributed by atoms with van der Waals surface area (Å²) in [4.78, 5) is 55.0. The molecule has 3 atom stereocenters. The van der Waals surface area contributed by atoms with Gasteiger partial charge < -0.3 is 20.4 Å². The van der Waals surface area contributed by atoms with Gasteiger partial charge in [-0.3, -0.25) is 23.6 Å². The Hall–Kier alpha value is -1.48. The molecule has 11 nitrogen and oxygen atoms in total. The number of carbonyl (C=O) groups excluding carboxylic acids is 4. The average Bonchev–Trinajstić information content (AvgIpc) is 2.94. The molecule has 1 saturated heterocycles. The Balaban J connectivity index is 2.12. The highest BCUT2D eigenvalue weighted by Gasteiger charge is 2.42. The van der Waals surface area contributed by atoms with Gasteiger partial charge in [-0.1, -0.05) is 21.6 Å². The van der Waals surface area contributed by atoms with Crippen molar-refractivity contribution in [2.24, 2.45) is 10.7 Å². The van der Waals surface area contributed by atoms with Crippen molar-refractivity contribution in [3.63, 3.8) is 0 Å². The van der Waals surface area contributed by atoms with E-state index in [2.05, 4.69) is 21.9 Å². The van der Waals surface area contributed by atoms with Crippen LogP contribution in [0, 0.1) is 0 Å². The molecule has 0 spiro atoms. The molecular formula is C15H23N4O7S3-. The lowest BCUT2D eigenvalue weighted by Gasteiger charge is -2.18. The number of aliphatic imine (C=N–C) groups is 1. The highest BCUT2D eigenvalue weighted by molar-refractivity contribution is 8.76. The number of nitrogens with one attached hydrogen (secondary N) is 1. The lowest BCUT2D eigenvalue weighted by atomic mass is 10.1. The second-order valence-electron chi connectivity index (χ2n) is 6.20. The van der Waals surface area contributed by atoms with Gasteiger partial charge in [0.2, 0.25) is 5.91 Å². The van der Waals surface area contributed by atoms with Gasteiger partial charge in [0.15, 0.2) is 0 Å². The lowest BCUT2D eigenvalue weighted by Crippen LogP contribution is -2.36. The monoisotopic (exact) mass is 467 g/mol. The number of imide groups is 1. The van der Waals surface area contributed by atoms with Crippen LogP contribution in [-0.4, -0.2) is 73.2 Å². The number of hydroxylamine groups is 2. The lowest BCUT2D eigenvalue weighted by molar-refractivity contribution is -0.197. The summed E-state index contributed by atoms with van der Waals surface area (Å²) in [6, 6.07) is 0. The molecule has 14 heteroatoms.